The summed E-state index contributed by atoms with van der Waals surface area (Å²) in [4.78, 5) is 23.0. The summed E-state index contributed by atoms with van der Waals surface area (Å²) in [6, 6.07) is 12.0. The van der Waals surface area contributed by atoms with Crippen LogP contribution in [0.1, 0.15) is 26.5 Å². The molecule has 1 aromatic carbocycles. The van der Waals surface area contributed by atoms with Crippen LogP contribution in [0.4, 0.5) is 5.95 Å². The predicted molar refractivity (Wildman–Crippen MR) is 112 cm³/mol. The first-order valence-corrected chi connectivity index (χ1v) is 10.4. The van der Waals surface area contributed by atoms with Crippen LogP contribution in [0.5, 0.6) is 0 Å². The number of hydrogen-bond acceptors (Lipinski definition) is 5. The summed E-state index contributed by atoms with van der Waals surface area (Å²) >= 11 is 3.22. The predicted octanol–water partition coefficient (Wildman–Crippen LogP) is 5.16. The number of nitrogens with one attached hydrogen (secondary N) is 1. The van der Waals surface area contributed by atoms with Crippen LogP contribution in [0.2, 0.25) is 0 Å². The lowest BCUT2D eigenvalue weighted by Crippen LogP contribution is -2.26. The summed E-state index contributed by atoms with van der Waals surface area (Å²) < 4.78 is 2.07. The second-order valence-corrected chi connectivity index (χ2v) is 9.08. The number of thiophene rings is 1. The molecule has 0 aliphatic carbocycles. The zero-order valence-corrected chi connectivity index (χ0v) is 17.0. The number of benzene rings is 1. The van der Waals surface area contributed by atoms with Gasteiger partial charge in [0.25, 0.3) is 0 Å². The van der Waals surface area contributed by atoms with E-state index in [0.29, 0.717) is 5.95 Å². The summed E-state index contributed by atoms with van der Waals surface area (Å²) in [5.74, 6) is 0.459. The largest absolute Gasteiger partial charge is 0.305 e. The highest BCUT2D eigenvalue weighted by atomic mass is 32.1. The molecule has 0 saturated carbocycles. The molecule has 3 heterocycles. The molecular formula is C20H20N4OS2. The number of anilines is 1. The van der Waals surface area contributed by atoms with Crippen LogP contribution in [0.15, 0.2) is 47.2 Å². The number of para-hydroxylation sites is 2. The van der Waals surface area contributed by atoms with Gasteiger partial charge in [-0.1, -0.05) is 18.2 Å². The molecule has 0 aliphatic heterocycles. The van der Waals surface area contributed by atoms with Gasteiger partial charge in [-0.05, 0) is 44.4 Å². The number of rotatable bonds is 4. The Kier molecular flexibility index (Phi) is 4.57. The van der Waals surface area contributed by atoms with E-state index in [9.17, 15) is 4.79 Å². The third-order valence-electron chi connectivity index (χ3n) is 4.11. The minimum Gasteiger partial charge on any atom is -0.305 e. The molecule has 0 atom stereocenters. The summed E-state index contributed by atoms with van der Waals surface area (Å²) in [5, 5.41) is 7.91. The van der Waals surface area contributed by atoms with Crippen molar-refractivity contribution >= 4 is 45.6 Å². The van der Waals surface area contributed by atoms with Crippen molar-refractivity contribution in [2.24, 2.45) is 0 Å². The van der Waals surface area contributed by atoms with E-state index >= 15 is 0 Å². The van der Waals surface area contributed by atoms with Gasteiger partial charge in [0, 0.05) is 10.9 Å². The Morgan fingerprint density at radius 1 is 1.11 bits per heavy atom. The number of thiazole rings is 1. The zero-order chi connectivity index (χ0) is 19.0. The van der Waals surface area contributed by atoms with Crippen molar-refractivity contribution in [3.05, 3.63) is 52.9 Å². The minimum absolute atomic E-state index is 0.112. The van der Waals surface area contributed by atoms with Crippen LogP contribution in [-0.2, 0) is 16.8 Å². The maximum atomic E-state index is 12.6. The molecule has 3 aromatic heterocycles. The highest BCUT2D eigenvalue weighted by molar-refractivity contribution is 7.20. The summed E-state index contributed by atoms with van der Waals surface area (Å²) in [5.41, 5.74) is 2.45. The lowest BCUT2D eigenvalue weighted by molar-refractivity contribution is -0.115. The standard InChI is InChI=1S/C20H20N4OS2/c1-20(2,3)24-15-8-5-4-7-14(15)22-19(24)23-17(25)11-13-12-27-18(21-13)16-9-6-10-26-16/h4-10,12H,11H2,1-3H3,(H,22,23,25). The molecule has 5 nitrogen and oxygen atoms in total. The monoisotopic (exact) mass is 396 g/mol. The van der Waals surface area contributed by atoms with E-state index in [1.54, 1.807) is 22.7 Å². The zero-order valence-electron chi connectivity index (χ0n) is 15.4. The van der Waals surface area contributed by atoms with Gasteiger partial charge in [-0.2, -0.15) is 0 Å². The van der Waals surface area contributed by atoms with Crippen molar-refractivity contribution in [1.82, 2.24) is 14.5 Å². The van der Waals surface area contributed by atoms with Crippen molar-refractivity contribution in [2.45, 2.75) is 32.7 Å². The Morgan fingerprint density at radius 2 is 1.93 bits per heavy atom. The molecular weight excluding hydrogens is 376 g/mol. The number of hydrogen-bond donors (Lipinski definition) is 1. The lowest BCUT2D eigenvalue weighted by atomic mass is 10.1. The third kappa shape index (κ3) is 3.65. The van der Waals surface area contributed by atoms with Crippen molar-refractivity contribution in [3.63, 3.8) is 0 Å². The first-order valence-electron chi connectivity index (χ1n) is 8.68. The van der Waals surface area contributed by atoms with E-state index in [1.807, 2.05) is 47.2 Å². The molecule has 0 unspecified atom stereocenters. The Balaban J connectivity index is 1.57. The molecule has 0 fully saturated rings. The Bertz CT molecular complexity index is 1090. The highest BCUT2D eigenvalue weighted by Gasteiger charge is 2.22. The maximum Gasteiger partial charge on any atom is 0.232 e. The van der Waals surface area contributed by atoms with Crippen LogP contribution in [0, 0.1) is 0 Å². The average Bonchev–Trinajstić information content (AvgIpc) is 3.32. The van der Waals surface area contributed by atoms with Gasteiger partial charge in [-0.25, -0.2) is 9.97 Å². The molecule has 0 radical (unpaired) electrons. The number of imidazole rings is 1. The molecule has 1 N–H and O–H groups in total. The van der Waals surface area contributed by atoms with Crippen molar-refractivity contribution < 1.29 is 4.79 Å². The third-order valence-corrected chi connectivity index (χ3v) is 6.04. The molecule has 0 aliphatic rings. The molecule has 4 rings (SSSR count). The lowest BCUT2D eigenvalue weighted by Gasteiger charge is -2.24. The van der Waals surface area contributed by atoms with Gasteiger partial charge in [0.15, 0.2) is 0 Å². The molecule has 0 bridgehead atoms. The van der Waals surface area contributed by atoms with Gasteiger partial charge in [0.05, 0.1) is 28.0 Å². The van der Waals surface area contributed by atoms with E-state index in [4.69, 9.17) is 0 Å². The van der Waals surface area contributed by atoms with Crippen molar-refractivity contribution in [2.75, 3.05) is 5.32 Å². The topological polar surface area (TPSA) is 59.8 Å². The first kappa shape index (κ1) is 17.9. The van der Waals surface area contributed by atoms with E-state index in [-0.39, 0.29) is 17.9 Å². The summed E-state index contributed by atoms with van der Waals surface area (Å²) in [6.07, 6.45) is 0.231. The Morgan fingerprint density at radius 3 is 2.67 bits per heavy atom. The summed E-state index contributed by atoms with van der Waals surface area (Å²) in [7, 11) is 0. The second kappa shape index (κ2) is 6.90. The van der Waals surface area contributed by atoms with Crippen molar-refractivity contribution in [3.8, 4) is 9.88 Å². The SMILES string of the molecule is CC(C)(C)n1c(NC(=O)Cc2csc(-c3cccs3)n2)nc2ccccc21. The number of carbonyl (C=O) groups excluding carboxylic acids is 1. The van der Waals surface area contributed by atoms with Crippen LogP contribution in [0.25, 0.3) is 20.9 Å². The maximum absolute atomic E-state index is 12.6. The van der Waals surface area contributed by atoms with Gasteiger partial charge in [-0.15, -0.1) is 22.7 Å². The minimum atomic E-state index is -0.203. The average molecular weight is 397 g/mol. The molecule has 4 aromatic rings. The Hall–Kier alpha value is -2.51. The Labute approximate surface area is 165 Å². The number of amides is 1. The fourth-order valence-electron chi connectivity index (χ4n) is 3.02. The second-order valence-electron chi connectivity index (χ2n) is 7.28. The number of carbonyl (C=O) groups is 1. The smallest absolute Gasteiger partial charge is 0.232 e. The number of fused-ring (bicyclic) bond motifs is 1. The van der Waals surface area contributed by atoms with E-state index in [2.05, 4.69) is 40.6 Å². The molecule has 7 heteroatoms. The van der Waals surface area contributed by atoms with Crippen LogP contribution in [0.3, 0.4) is 0 Å². The fraction of sp³-hybridized carbons (Fsp3) is 0.250. The van der Waals surface area contributed by atoms with Gasteiger partial charge in [0.2, 0.25) is 11.9 Å². The number of nitrogens with zero attached hydrogens (tertiary/aromatic N) is 3. The van der Waals surface area contributed by atoms with Gasteiger partial charge in [-0.3, -0.25) is 10.1 Å². The van der Waals surface area contributed by atoms with Gasteiger partial charge >= 0.3 is 0 Å². The molecule has 27 heavy (non-hydrogen) atoms. The molecule has 0 saturated heterocycles. The molecule has 1 amide bonds. The first-order chi connectivity index (χ1) is 12.9. The normalized spacial score (nSPS) is 11.8. The van der Waals surface area contributed by atoms with Gasteiger partial charge in [0.1, 0.15) is 5.01 Å². The fourth-order valence-corrected chi connectivity index (χ4v) is 4.66. The number of aromatic nitrogens is 3. The highest BCUT2D eigenvalue weighted by Crippen LogP contribution is 2.29. The van der Waals surface area contributed by atoms with Gasteiger partial charge < -0.3 is 4.57 Å². The molecule has 0 spiro atoms. The molecule has 138 valence electrons. The quantitative estimate of drug-likeness (QED) is 0.518. The van der Waals surface area contributed by atoms with Crippen molar-refractivity contribution in [1.29, 1.82) is 0 Å². The van der Waals surface area contributed by atoms with Crippen LogP contribution in [-0.4, -0.2) is 20.4 Å². The van der Waals surface area contributed by atoms with E-state index in [1.165, 1.54) is 0 Å². The van der Waals surface area contributed by atoms with E-state index < -0.39 is 0 Å². The summed E-state index contributed by atoms with van der Waals surface area (Å²) in [6.45, 7) is 6.31. The van der Waals surface area contributed by atoms with E-state index in [0.717, 1.165) is 26.6 Å². The van der Waals surface area contributed by atoms with Crippen LogP contribution < -0.4 is 5.32 Å². The van der Waals surface area contributed by atoms with Crippen LogP contribution >= 0.6 is 22.7 Å².